The highest BCUT2D eigenvalue weighted by molar-refractivity contribution is 6.01. The maximum atomic E-state index is 12.7. The summed E-state index contributed by atoms with van der Waals surface area (Å²) in [6.07, 6.45) is -15.3. The lowest BCUT2D eigenvalue weighted by Crippen LogP contribution is -2.64. The smallest absolute Gasteiger partial charge is 0.229 e. The van der Waals surface area contributed by atoms with Crippen LogP contribution in [0.1, 0.15) is 29.3 Å². The summed E-state index contributed by atoms with van der Waals surface area (Å²) in [4.78, 5) is 12.7. The van der Waals surface area contributed by atoms with Crippen LogP contribution in [0.4, 0.5) is 0 Å². The fourth-order valence-corrected chi connectivity index (χ4v) is 4.70. The Kier molecular flexibility index (Phi) is 9.69. The van der Waals surface area contributed by atoms with Crippen LogP contribution < -0.4 is 4.74 Å². The Balaban J connectivity index is 1.52. The van der Waals surface area contributed by atoms with Gasteiger partial charge in [0, 0.05) is 18.6 Å². The number of hydrogen-bond acceptors (Lipinski definition) is 14. The Morgan fingerprint density at radius 3 is 2.07 bits per heavy atom. The fraction of sp³-hybridized carbons (Fsp3) is 0.519. The average Bonchev–Trinajstić information content (AvgIpc) is 2.93. The molecule has 0 spiro atoms. The van der Waals surface area contributed by atoms with E-state index < -0.39 is 85.3 Å². The van der Waals surface area contributed by atoms with Crippen LogP contribution in [-0.2, 0) is 20.6 Å². The Hall–Kier alpha value is -3.05. The molecular weight excluding hydrogens is 548 g/mol. The summed E-state index contributed by atoms with van der Waals surface area (Å²) in [5.74, 6) is -2.00. The zero-order valence-electron chi connectivity index (χ0n) is 21.9. The Morgan fingerprint density at radius 1 is 0.829 bits per heavy atom. The van der Waals surface area contributed by atoms with Crippen molar-refractivity contribution < 1.29 is 69.7 Å². The van der Waals surface area contributed by atoms with Gasteiger partial charge in [0.15, 0.2) is 18.2 Å². The molecule has 4 rings (SSSR count). The number of aromatic hydroxyl groups is 3. The second-order valence-electron chi connectivity index (χ2n) is 10.0. The first-order valence-electron chi connectivity index (χ1n) is 12.9. The molecule has 2 fully saturated rings. The number of ketones is 1. The molecule has 2 saturated heterocycles. The highest BCUT2D eigenvalue weighted by Crippen LogP contribution is 2.36. The lowest BCUT2D eigenvalue weighted by molar-refractivity contribution is -0.354. The zero-order chi connectivity index (χ0) is 30.0. The molecular formula is C27H34O14. The molecule has 41 heavy (non-hydrogen) atoms. The molecule has 2 aromatic carbocycles. The first kappa shape index (κ1) is 30.9. The number of rotatable bonds is 9. The van der Waals surface area contributed by atoms with Crippen molar-refractivity contribution in [3.05, 3.63) is 47.5 Å². The van der Waals surface area contributed by atoms with E-state index in [-0.39, 0.29) is 29.9 Å². The standard InChI is InChI=1S/C27H34O14/c1-11-20(33)22(35)24(37)26(38-11)41-25-23(36)21(34)18(10-28)40-27(25)39-14-8-16(31)19(17(32)9-14)15(30)7-4-12-2-5-13(29)6-3-12/h2-3,5-6,8-9,11,18,20-29,31-37H,4,7,10H2,1H3/t11-,18+,20-,21+,22+,23-,24+,25+,26?,27?/m0/s1. The lowest BCUT2D eigenvalue weighted by Gasteiger charge is -2.45. The number of aryl methyl sites for hydroxylation is 1. The summed E-state index contributed by atoms with van der Waals surface area (Å²) in [7, 11) is 0. The summed E-state index contributed by atoms with van der Waals surface area (Å²) in [5.41, 5.74) is 0.385. The number of phenols is 3. The van der Waals surface area contributed by atoms with Gasteiger partial charge in [0.05, 0.1) is 12.7 Å². The summed E-state index contributed by atoms with van der Waals surface area (Å²) >= 11 is 0. The lowest BCUT2D eigenvalue weighted by atomic mass is 9.97. The average molecular weight is 583 g/mol. The number of aliphatic hydroxyl groups excluding tert-OH is 6. The minimum atomic E-state index is -1.77. The van der Waals surface area contributed by atoms with Gasteiger partial charge in [-0.1, -0.05) is 12.1 Å². The Morgan fingerprint density at radius 2 is 1.46 bits per heavy atom. The van der Waals surface area contributed by atoms with E-state index in [4.69, 9.17) is 18.9 Å². The maximum Gasteiger partial charge on any atom is 0.229 e. The molecule has 0 aliphatic carbocycles. The monoisotopic (exact) mass is 582 g/mol. The van der Waals surface area contributed by atoms with E-state index in [0.717, 1.165) is 17.7 Å². The van der Waals surface area contributed by atoms with Gasteiger partial charge in [0.1, 0.15) is 65.2 Å². The van der Waals surface area contributed by atoms with Crippen LogP contribution in [0.3, 0.4) is 0 Å². The van der Waals surface area contributed by atoms with E-state index in [1.54, 1.807) is 12.1 Å². The third kappa shape index (κ3) is 6.72. The van der Waals surface area contributed by atoms with Crippen LogP contribution in [0.25, 0.3) is 0 Å². The van der Waals surface area contributed by atoms with E-state index in [1.165, 1.54) is 19.1 Å². The summed E-state index contributed by atoms with van der Waals surface area (Å²) in [6.45, 7) is 0.675. The largest absolute Gasteiger partial charge is 0.508 e. The predicted octanol–water partition coefficient (Wildman–Crippen LogP) is -1.35. The second kappa shape index (κ2) is 12.9. The van der Waals surface area contributed by atoms with Crippen molar-refractivity contribution in [3.63, 3.8) is 0 Å². The number of ether oxygens (including phenoxy) is 4. The van der Waals surface area contributed by atoms with E-state index >= 15 is 0 Å². The minimum absolute atomic E-state index is 0.0706. The number of hydrogen-bond donors (Lipinski definition) is 9. The molecule has 2 aromatic rings. The van der Waals surface area contributed by atoms with Crippen LogP contribution in [-0.4, -0.2) is 120 Å². The van der Waals surface area contributed by atoms with Gasteiger partial charge in [0.25, 0.3) is 0 Å². The van der Waals surface area contributed by atoms with E-state index in [9.17, 15) is 50.8 Å². The normalized spacial score (nSPS) is 33.8. The van der Waals surface area contributed by atoms with Crippen LogP contribution in [0, 0.1) is 0 Å². The highest BCUT2D eigenvalue weighted by atomic mass is 16.8. The Labute approximate surface area is 234 Å². The molecule has 14 nitrogen and oxygen atoms in total. The van der Waals surface area contributed by atoms with Crippen molar-refractivity contribution in [1.82, 2.24) is 0 Å². The van der Waals surface area contributed by atoms with E-state index in [1.807, 2.05) is 0 Å². The van der Waals surface area contributed by atoms with Crippen LogP contribution in [0.2, 0.25) is 0 Å². The van der Waals surface area contributed by atoms with Crippen molar-refractivity contribution in [2.75, 3.05) is 6.61 Å². The quantitative estimate of drug-likeness (QED) is 0.156. The van der Waals surface area contributed by atoms with Crippen LogP contribution in [0.15, 0.2) is 36.4 Å². The van der Waals surface area contributed by atoms with Gasteiger partial charge >= 0.3 is 0 Å². The zero-order valence-corrected chi connectivity index (χ0v) is 21.9. The topological polar surface area (TPSA) is 236 Å². The van der Waals surface area contributed by atoms with Crippen LogP contribution in [0.5, 0.6) is 23.0 Å². The van der Waals surface area contributed by atoms with Crippen molar-refractivity contribution in [1.29, 1.82) is 0 Å². The molecule has 2 aliphatic rings. The highest BCUT2D eigenvalue weighted by Gasteiger charge is 2.51. The van der Waals surface area contributed by atoms with Gasteiger partial charge in [-0.2, -0.15) is 0 Å². The van der Waals surface area contributed by atoms with Gasteiger partial charge in [-0.25, -0.2) is 0 Å². The summed E-state index contributed by atoms with van der Waals surface area (Å²) in [5, 5.41) is 91.5. The number of aliphatic hydroxyl groups is 6. The van der Waals surface area contributed by atoms with Crippen molar-refractivity contribution in [3.8, 4) is 23.0 Å². The first-order chi connectivity index (χ1) is 19.4. The number of carbonyl (C=O) groups excluding carboxylic acids is 1. The van der Waals surface area contributed by atoms with Gasteiger partial charge in [-0.3, -0.25) is 4.79 Å². The van der Waals surface area contributed by atoms with Gasteiger partial charge < -0.3 is 64.9 Å². The molecule has 2 unspecified atom stereocenters. The molecule has 0 radical (unpaired) electrons. The Bertz CT molecular complexity index is 1170. The van der Waals surface area contributed by atoms with Gasteiger partial charge in [0.2, 0.25) is 6.29 Å². The van der Waals surface area contributed by atoms with Crippen molar-refractivity contribution in [2.24, 2.45) is 0 Å². The molecule has 2 heterocycles. The van der Waals surface area contributed by atoms with Crippen molar-refractivity contribution >= 4 is 5.78 Å². The number of phenolic OH excluding ortho intramolecular Hbond substituents is 3. The van der Waals surface area contributed by atoms with E-state index in [2.05, 4.69) is 0 Å². The molecule has 0 amide bonds. The molecule has 9 N–H and O–H groups in total. The molecule has 2 aliphatic heterocycles. The summed E-state index contributed by atoms with van der Waals surface area (Å²) < 4.78 is 22.2. The summed E-state index contributed by atoms with van der Waals surface area (Å²) in [6, 6.07) is 8.22. The number of carbonyl (C=O) groups is 1. The minimum Gasteiger partial charge on any atom is -0.508 e. The van der Waals surface area contributed by atoms with E-state index in [0.29, 0.717) is 0 Å². The molecule has 0 saturated carbocycles. The predicted molar refractivity (Wildman–Crippen MR) is 136 cm³/mol. The maximum absolute atomic E-state index is 12.7. The van der Waals surface area contributed by atoms with Crippen LogP contribution >= 0.6 is 0 Å². The van der Waals surface area contributed by atoms with Gasteiger partial charge in [-0.05, 0) is 31.0 Å². The fourth-order valence-electron chi connectivity index (χ4n) is 4.70. The first-order valence-corrected chi connectivity index (χ1v) is 12.9. The SMILES string of the molecule is C[C@@H]1OC(O[C@H]2C(Oc3cc(O)c(C(=O)CCc4ccc(O)cc4)c(O)c3)O[C@H](CO)[C@@H](O)[C@@H]2O)[C@H](O)[C@H](O)[C@H]1O. The third-order valence-electron chi connectivity index (χ3n) is 7.10. The third-order valence-corrected chi connectivity index (χ3v) is 7.10. The molecule has 10 atom stereocenters. The molecule has 0 bridgehead atoms. The van der Waals surface area contributed by atoms with Crippen molar-refractivity contribution in [2.45, 2.75) is 81.2 Å². The second-order valence-corrected chi connectivity index (χ2v) is 10.0. The molecule has 226 valence electrons. The number of Topliss-reactive ketones (excluding diaryl/α,β-unsaturated/α-hetero) is 1. The molecule has 0 aromatic heterocycles. The number of benzene rings is 2. The van der Waals surface area contributed by atoms with Gasteiger partial charge in [-0.15, -0.1) is 0 Å². The molecule has 14 heteroatoms.